The van der Waals surface area contributed by atoms with Crippen molar-refractivity contribution in [2.24, 2.45) is 16.8 Å². The van der Waals surface area contributed by atoms with Gasteiger partial charge in [0.05, 0.1) is 7.11 Å². The Morgan fingerprint density at radius 3 is 2.76 bits per heavy atom. The molecule has 1 aliphatic rings. The van der Waals surface area contributed by atoms with Gasteiger partial charge < -0.3 is 25.0 Å². The molecule has 0 radical (unpaired) electrons. The van der Waals surface area contributed by atoms with Gasteiger partial charge in [0.25, 0.3) is 0 Å². The summed E-state index contributed by atoms with van der Waals surface area (Å²) in [6.07, 6.45) is 2.41. The summed E-state index contributed by atoms with van der Waals surface area (Å²) in [5.74, 6) is 2.58. The average molecular weight is 413 g/mol. The fraction of sp³-hybridized carbons (Fsp3) is 0.667. The van der Waals surface area contributed by atoms with Crippen molar-refractivity contribution in [2.45, 2.75) is 39.8 Å². The minimum atomic E-state index is -2.88. The molecule has 164 valence electrons. The number of alkyl halides is 2. The zero-order valence-corrected chi connectivity index (χ0v) is 17.9. The molecular formula is C21H34F2N4O2. The molecule has 0 aliphatic carbocycles. The molecule has 0 aromatic heterocycles. The summed E-state index contributed by atoms with van der Waals surface area (Å²) in [7, 11) is 3.23. The zero-order valence-electron chi connectivity index (χ0n) is 17.9. The number of likely N-dealkylation sites (tertiary alicyclic amines) is 1. The molecular weight excluding hydrogens is 378 g/mol. The number of nitrogens with one attached hydrogen (secondary N) is 2. The van der Waals surface area contributed by atoms with Crippen LogP contribution in [0.15, 0.2) is 23.2 Å². The van der Waals surface area contributed by atoms with Gasteiger partial charge in [-0.05, 0) is 49.4 Å². The van der Waals surface area contributed by atoms with Crippen LogP contribution in [0.25, 0.3) is 0 Å². The van der Waals surface area contributed by atoms with Crippen molar-refractivity contribution in [3.05, 3.63) is 23.8 Å². The van der Waals surface area contributed by atoms with Gasteiger partial charge in [-0.3, -0.25) is 4.99 Å². The predicted molar refractivity (Wildman–Crippen MR) is 112 cm³/mol. The fourth-order valence-corrected chi connectivity index (χ4v) is 3.67. The molecule has 0 saturated carbocycles. The van der Waals surface area contributed by atoms with Crippen LogP contribution < -0.4 is 20.1 Å². The molecule has 6 nitrogen and oxygen atoms in total. The second-order valence-corrected chi connectivity index (χ2v) is 7.82. The van der Waals surface area contributed by atoms with Gasteiger partial charge in [-0.25, -0.2) is 0 Å². The summed E-state index contributed by atoms with van der Waals surface area (Å²) in [6.45, 7) is 6.13. The Labute approximate surface area is 172 Å². The Kier molecular flexibility index (Phi) is 9.44. The van der Waals surface area contributed by atoms with Gasteiger partial charge in [0, 0.05) is 38.8 Å². The quantitative estimate of drug-likeness (QED) is 0.481. The van der Waals surface area contributed by atoms with Crippen molar-refractivity contribution in [2.75, 3.05) is 40.3 Å². The monoisotopic (exact) mass is 412 g/mol. The van der Waals surface area contributed by atoms with E-state index in [4.69, 9.17) is 4.74 Å². The number of methoxy groups -OCH3 is 1. The van der Waals surface area contributed by atoms with Crippen LogP contribution in [-0.2, 0) is 6.54 Å². The number of aliphatic imine (C=N–C) groups is 1. The van der Waals surface area contributed by atoms with Crippen LogP contribution in [0.4, 0.5) is 8.78 Å². The molecule has 1 fully saturated rings. The first-order chi connectivity index (χ1) is 13.9. The number of hydrogen-bond acceptors (Lipinski definition) is 4. The standard InChI is InChI=1S/C21H34F2N4O2/c1-15(2)13-27-9-5-6-16(14-27)11-25-21(24-3)26-12-17-10-18(28-4)7-8-19(17)29-20(22)23/h7-8,10,15-16,20H,5-6,9,11-14H2,1-4H3,(H2,24,25,26). The summed E-state index contributed by atoms with van der Waals surface area (Å²) in [6, 6.07) is 4.77. The summed E-state index contributed by atoms with van der Waals surface area (Å²) >= 11 is 0. The number of guanidine groups is 1. The summed E-state index contributed by atoms with van der Waals surface area (Å²) < 4.78 is 35.1. The first-order valence-electron chi connectivity index (χ1n) is 10.2. The number of piperidine rings is 1. The van der Waals surface area contributed by atoms with Crippen molar-refractivity contribution >= 4 is 5.96 Å². The molecule has 2 N–H and O–H groups in total. The van der Waals surface area contributed by atoms with Crippen LogP contribution in [0.5, 0.6) is 11.5 Å². The van der Waals surface area contributed by atoms with E-state index in [1.807, 2.05) is 0 Å². The maximum atomic E-state index is 12.7. The lowest BCUT2D eigenvalue weighted by molar-refractivity contribution is -0.0504. The second kappa shape index (κ2) is 11.8. The second-order valence-electron chi connectivity index (χ2n) is 7.82. The Balaban J connectivity index is 1.89. The third-order valence-corrected chi connectivity index (χ3v) is 4.94. The van der Waals surface area contributed by atoms with Gasteiger partial charge in [0.15, 0.2) is 5.96 Å². The Bertz CT molecular complexity index is 656. The zero-order chi connectivity index (χ0) is 21.2. The van der Waals surface area contributed by atoms with Gasteiger partial charge in [-0.2, -0.15) is 8.78 Å². The molecule has 0 amide bonds. The van der Waals surface area contributed by atoms with Crippen molar-refractivity contribution in [1.82, 2.24) is 15.5 Å². The van der Waals surface area contributed by atoms with Crippen molar-refractivity contribution in [3.63, 3.8) is 0 Å². The van der Waals surface area contributed by atoms with E-state index in [0.717, 1.165) is 19.6 Å². The van der Waals surface area contributed by atoms with E-state index in [2.05, 4.69) is 39.1 Å². The summed E-state index contributed by atoms with van der Waals surface area (Å²) in [5.41, 5.74) is 0.577. The Morgan fingerprint density at radius 2 is 2.10 bits per heavy atom. The largest absolute Gasteiger partial charge is 0.497 e. The maximum Gasteiger partial charge on any atom is 0.387 e. The van der Waals surface area contributed by atoms with Gasteiger partial charge in [-0.15, -0.1) is 0 Å². The highest BCUT2D eigenvalue weighted by Crippen LogP contribution is 2.25. The third-order valence-electron chi connectivity index (χ3n) is 4.94. The molecule has 0 spiro atoms. The van der Waals surface area contributed by atoms with E-state index >= 15 is 0 Å². The van der Waals surface area contributed by atoms with E-state index < -0.39 is 6.61 Å². The minimum absolute atomic E-state index is 0.125. The molecule has 1 unspecified atom stereocenters. The number of hydrogen-bond donors (Lipinski definition) is 2. The lowest BCUT2D eigenvalue weighted by Gasteiger charge is -2.34. The molecule has 2 rings (SSSR count). The first-order valence-corrected chi connectivity index (χ1v) is 10.2. The van der Waals surface area contributed by atoms with E-state index in [1.54, 1.807) is 19.2 Å². The highest BCUT2D eigenvalue weighted by molar-refractivity contribution is 5.79. The van der Waals surface area contributed by atoms with Crippen molar-refractivity contribution in [3.8, 4) is 11.5 Å². The molecule has 1 atom stereocenters. The molecule has 0 bridgehead atoms. The maximum absolute atomic E-state index is 12.7. The first kappa shape index (κ1) is 23.2. The third kappa shape index (κ3) is 8.04. The lowest BCUT2D eigenvalue weighted by atomic mass is 9.97. The summed E-state index contributed by atoms with van der Waals surface area (Å²) in [5, 5.41) is 6.54. The van der Waals surface area contributed by atoms with E-state index in [1.165, 1.54) is 32.6 Å². The molecule has 8 heteroatoms. The smallest absolute Gasteiger partial charge is 0.387 e. The SMILES string of the molecule is CN=C(NCc1cc(OC)ccc1OC(F)F)NCC1CCCN(CC(C)C)C1. The number of ether oxygens (including phenoxy) is 2. The highest BCUT2D eigenvalue weighted by atomic mass is 19.3. The molecule has 1 aromatic carbocycles. The van der Waals surface area contributed by atoms with E-state index in [9.17, 15) is 8.78 Å². The molecule has 1 heterocycles. The van der Waals surface area contributed by atoms with Gasteiger partial charge in [0.2, 0.25) is 0 Å². The fourth-order valence-electron chi connectivity index (χ4n) is 3.67. The molecule has 1 saturated heterocycles. The Hall–Kier alpha value is -2.09. The van der Waals surface area contributed by atoms with E-state index in [0.29, 0.717) is 35.7 Å². The van der Waals surface area contributed by atoms with Crippen LogP contribution in [0, 0.1) is 11.8 Å². The van der Waals surface area contributed by atoms with Crippen LogP contribution in [0.3, 0.4) is 0 Å². The van der Waals surface area contributed by atoms with Gasteiger partial charge in [0.1, 0.15) is 11.5 Å². The predicted octanol–water partition coefficient (Wildman–Crippen LogP) is 3.33. The highest BCUT2D eigenvalue weighted by Gasteiger charge is 2.20. The molecule has 1 aromatic rings. The molecule has 29 heavy (non-hydrogen) atoms. The van der Waals surface area contributed by atoms with Gasteiger partial charge in [-0.1, -0.05) is 13.8 Å². The normalized spacial score (nSPS) is 18.2. The Morgan fingerprint density at radius 1 is 1.31 bits per heavy atom. The number of halogens is 2. The van der Waals surface area contributed by atoms with Crippen LogP contribution in [-0.4, -0.2) is 57.8 Å². The van der Waals surface area contributed by atoms with E-state index in [-0.39, 0.29) is 5.75 Å². The van der Waals surface area contributed by atoms with Crippen LogP contribution in [0.2, 0.25) is 0 Å². The van der Waals surface area contributed by atoms with Crippen molar-refractivity contribution in [1.29, 1.82) is 0 Å². The topological polar surface area (TPSA) is 58.1 Å². The number of benzene rings is 1. The molecule has 1 aliphatic heterocycles. The summed E-state index contributed by atoms with van der Waals surface area (Å²) in [4.78, 5) is 6.78. The number of nitrogens with zero attached hydrogens (tertiary/aromatic N) is 2. The lowest BCUT2D eigenvalue weighted by Crippen LogP contribution is -2.45. The van der Waals surface area contributed by atoms with Crippen LogP contribution >= 0.6 is 0 Å². The number of rotatable bonds is 9. The van der Waals surface area contributed by atoms with Gasteiger partial charge >= 0.3 is 6.61 Å². The van der Waals surface area contributed by atoms with Crippen molar-refractivity contribution < 1.29 is 18.3 Å². The minimum Gasteiger partial charge on any atom is -0.497 e. The van der Waals surface area contributed by atoms with Crippen LogP contribution in [0.1, 0.15) is 32.3 Å². The average Bonchev–Trinajstić information content (AvgIpc) is 2.68.